The van der Waals surface area contributed by atoms with Crippen molar-refractivity contribution >= 4 is 16.0 Å². The normalized spacial score (nSPS) is 15.2. The summed E-state index contributed by atoms with van der Waals surface area (Å²) in [4.78, 5) is 14.1. The Morgan fingerprint density at radius 2 is 1.83 bits per heavy atom. The van der Waals surface area contributed by atoms with Crippen molar-refractivity contribution in [3.05, 3.63) is 64.7 Å². The van der Waals surface area contributed by atoms with Crippen LogP contribution in [0, 0.1) is 6.92 Å². The van der Waals surface area contributed by atoms with Crippen LogP contribution in [0.3, 0.4) is 0 Å². The van der Waals surface area contributed by atoms with E-state index < -0.39 is 16.0 Å². The van der Waals surface area contributed by atoms with Gasteiger partial charge in [0.15, 0.2) is 0 Å². The second-order valence-corrected chi connectivity index (χ2v) is 8.69. The molecule has 0 unspecified atom stereocenters. The van der Waals surface area contributed by atoms with E-state index in [1.807, 2.05) is 24.3 Å². The number of aryl methyl sites for hydroxylation is 1. The van der Waals surface area contributed by atoms with Gasteiger partial charge in [0, 0.05) is 26.2 Å². The monoisotopic (exact) mass is 418 g/mol. The Kier molecular flexibility index (Phi) is 7.02. The molecule has 1 aliphatic rings. The van der Waals surface area contributed by atoms with Gasteiger partial charge in [0.05, 0.1) is 30.8 Å². The Morgan fingerprint density at radius 3 is 2.52 bits per heavy atom. The fourth-order valence-electron chi connectivity index (χ4n) is 3.27. The Bertz CT molecular complexity index is 969. The molecule has 156 valence electrons. The van der Waals surface area contributed by atoms with Crippen molar-refractivity contribution < 1.29 is 22.7 Å². The molecule has 0 amide bonds. The van der Waals surface area contributed by atoms with E-state index in [0.717, 1.165) is 30.8 Å². The molecule has 8 heteroatoms. The lowest BCUT2D eigenvalue weighted by atomic mass is 10.1. The molecule has 1 fully saturated rings. The third-order valence-electron chi connectivity index (χ3n) is 4.97. The predicted molar refractivity (Wildman–Crippen MR) is 109 cm³/mol. The number of ether oxygens (including phenoxy) is 2. The third kappa shape index (κ3) is 5.42. The highest BCUT2D eigenvalue weighted by Crippen LogP contribution is 2.19. The highest BCUT2D eigenvalue weighted by Gasteiger charge is 2.20. The number of methoxy groups -OCH3 is 1. The number of carbonyl (C=O) groups excluding carboxylic acids is 1. The number of carbonyl (C=O) groups is 1. The maximum Gasteiger partial charge on any atom is 0.337 e. The number of hydrogen-bond acceptors (Lipinski definition) is 6. The summed E-state index contributed by atoms with van der Waals surface area (Å²) in [5.41, 5.74) is 2.76. The molecule has 1 N–H and O–H groups in total. The zero-order valence-corrected chi connectivity index (χ0v) is 17.5. The van der Waals surface area contributed by atoms with E-state index in [2.05, 4.69) is 9.62 Å². The van der Waals surface area contributed by atoms with Gasteiger partial charge in [-0.25, -0.2) is 17.9 Å². The van der Waals surface area contributed by atoms with E-state index in [1.165, 1.54) is 13.2 Å². The van der Waals surface area contributed by atoms with Crippen LogP contribution in [0.15, 0.2) is 47.4 Å². The van der Waals surface area contributed by atoms with Crippen LogP contribution in [0.25, 0.3) is 0 Å². The van der Waals surface area contributed by atoms with Gasteiger partial charge in [0.1, 0.15) is 0 Å². The molecule has 0 radical (unpaired) electrons. The van der Waals surface area contributed by atoms with E-state index in [-0.39, 0.29) is 17.0 Å². The first-order valence-corrected chi connectivity index (χ1v) is 10.9. The highest BCUT2D eigenvalue weighted by atomic mass is 32.2. The zero-order valence-electron chi connectivity index (χ0n) is 16.7. The van der Waals surface area contributed by atoms with Crippen molar-refractivity contribution in [2.24, 2.45) is 0 Å². The Balaban J connectivity index is 1.76. The van der Waals surface area contributed by atoms with E-state index in [0.29, 0.717) is 18.8 Å². The van der Waals surface area contributed by atoms with Gasteiger partial charge in [-0.3, -0.25) is 4.90 Å². The third-order valence-corrected chi connectivity index (χ3v) is 6.51. The SMILES string of the molecule is COC(=O)c1ccc(C)c(S(=O)(=O)NCc2ccccc2CN2CCOCC2)c1. The molecule has 0 aliphatic carbocycles. The van der Waals surface area contributed by atoms with Crippen LogP contribution in [-0.2, 0) is 32.6 Å². The minimum atomic E-state index is -3.79. The second-order valence-electron chi connectivity index (χ2n) is 6.95. The first-order chi connectivity index (χ1) is 13.9. The summed E-state index contributed by atoms with van der Waals surface area (Å²) in [6.45, 7) is 5.76. The average molecular weight is 419 g/mol. The largest absolute Gasteiger partial charge is 0.465 e. The minimum absolute atomic E-state index is 0.0751. The van der Waals surface area contributed by atoms with E-state index >= 15 is 0 Å². The minimum Gasteiger partial charge on any atom is -0.465 e. The lowest BCUT2D eigenvalue weighted by Gasteiger charge is -2.27. The molecule has 2 aromatic rings. The van der Waals surface area contributed by atoms with Gasteiger partial charge < -0.3 is 9.47 Å². The van der Waals surface area contributed by atoms with Crippen molar-refractivity contribution in [2.45, 2.75) is 24.9 Å². The van der Waals surface area contributed by atoms with Gasteiger partial charge >= 0.3 is 5.97 Å². The summed E-state index contributed by atoms with van der Waals surface area (Å²) in [6.07, 6.45) is 0. The van der Waals surface area contributed by atoms with Crippen LogP contribution in [0.5, 0.6) is 0 Å². The number of rotatable bonds is 7. The molecule has 0 spiro atoms. The number of hydrogen-bond donors (Lipinski definition) is 1. The summed E-state index contributed by atoms with van der Waals surface area (Å²) < 4.78 is 38.6. The topological polar surface area (TPSA) is 84.9 Å². The molecule has 29 heavy (non-hydrogen) atoms. The number of benzene rings is 2. The van der Waals surface area contributed by atoms with Crippen LogP contribution < -0.4 is 4.72 Å². The first kappa shape index (κ1) is 21.4. The summed E-state index contributed by atoms with van der Waals surface area (Å²) in [6, 6.07) is 12.3. The van der Waals surface area contributed by atoms with E-state index in [9.17, 15) is 13.2 Å². The van der Waals surface area contributed by atoms with Crippen LogP contribution in [0.2, 0.25) is 0 Å². The number of sulfonamides is 1. The quantitative estimate of drug-likeness (QED) is 0.693. The van der Waals surface area contributed by atoms with Crippen LogP contribution in [0.4, 0.5) is 0 Å². The van der Waals surface area contributed by atoms with Crippen molar-refractivity contribution in [2.75, 3.05) is 33.4 Å². The fourth-order valence-corrected chi connectivity index (χ4v) is 4.54. The maximum absolute atomic E-state index is 12.9. The van der Waals surface area contributed by atoms with Gasteiger partial charge in [-0.05, 0) is 35.7 Å². The molecule has 7 nitrogen and oxygen atoms in total. The lowest BCUT2D eigenvalue weighted by Crippen LogP contribution is -2.36. The number of nitrogens with zero attached hydrogens (tertiary/aromatic N) is 1. The summed E-state index contributed by atoms with van der Waals surface area (Å²) >= 11 is 0. The van der Waals surface area contributed by atoms with Crippen LogP contribution in [-0.4, -0.2) is 52.7 Å². The van der Waals surface area contributed by atoms with Gasteiger partial charge in [0.25, 0.3) is 0 Å². The van der Waals surface area contributed by atoms with Crippen molar-refractivity contribution in [3.8, 4) is 0 Å². The molecule has 0 bridgehead atoms. The average Bonchev–Trinajstić information content (AvgIpc) is 2.73. The Labute approximate surface area is 171 Å². The van der Waals surface area contributed by atoms with Gasteiger partial charge in [-0.1, -0.05) is 30.3 Å². The Morgan fingerprint density at radius 1 is 1.14 bits per heavy atom. The highest BCUT2D eigenvalue weighted by molar-refractivity contribution is 7.89. The summed E-state index contributed by atoms with van der Waals surface area (Å²) in [5, 5.41) is 0. The predicted octanol–water partition coefficient (Wildman–Crippen LogP) is 2.09. The number of esters is 1. The van der Waals surface area contributed by atoms with Crippen molar-refractivity contribution in [1.29, 1.82) is 0 Å². The van der Waals surface area contributed by atoms with E-state index in [1.54, 1.807) is 19.1 Å². The molecule has 2 aromatic carbocycles. The Hall–Kier alpha value is -2.26. The van der Waals surface area contributed by atoms with Gasteiger partial charge in [0.2, 0.25) is 10.0 Å². The standard InChI is InChI=1S/C21H26N2O5S/c1-16-7-8-17(21(24)27-2)13-20(16)29(25,26)22-14-18-5-3-4-6-19(18)15-23-9-11-28-12-10-23/h3-8,13,22H,9-12,14-15H2,1-2H3. The molecule has 3 rings (SSSR count). The number of morpholine rings is 1. The molecule has 0 aromatic heterocycles. The molecule has 1 heterocycles. The first-order valence-electron chi connectivity index (χ1n) is 9.46. The smallest absolute Gasteiger partial charge is 0.337 e. The van der Waals surface area contributed by atoms with Crippen molar-refractivity contribution in [3.63, 3.8) is 0 Å². The van der Waals surface area contributed by atoms with Crippen LogP contribution >= 0.6 is 0 Å². The molecule has 0 atom stereocenters. The zero-order chi connectivity index (χ0) is 20.9. The number of nitrogens with one attached hydrogen (secondary N) is 1. The molecular weight excluding hydrogens is 392 g/mol. The van der Waals surface area contributed by atoms with Gasteiger partial charge in [-0.15, -0.1) is 0 Å². The second kappa shape index (κ2) is 9.49. The summed E-state index contributed by atoms with van der Waals surface area (Å²) in [7, 11) is -2.53. The fraction of sp³-hybridized carbons (Fsp3) is 0.381. The van der Waals surface area contributed by atoms with Crippen LogP contribution in [0.1, 0.15) is 27.0 Å². The van der Waals surface area contributed by atoms with Gasteiger partial charge in [-0.2, -0.15) is 0 Å². The maximum atomic E-state index is 12.9. The van der Waals surface area contributed by atoms with E-state index in [4.69, 9.17) is 9.47 Å². The molecule has 1 aliphatic heterocycles. The molecular formula is C21H26N2O5S. The summed E-state index contributed by atoms with van der Waals surface area (Å²) in [5.74, 6) is -0.572. The molecule has 1 saturated heterocycles. The lowest BCUT2D eigenvalue weighted by molar-refractivity contribution is 0.0341. The van der Waals surface area contributed by atoms with Crippen molar-refractivity contribution in [1.82, 2.24) is 9.62 Å². The molecule has 0 saturated carbocycles.